The van der Waals surface area contributed by atoms with Crippen molar-refractivity contribution < 1.29 is 17.9 Å². The van der Waals surface area contributed by atoms with Gasteiger partial charge < -0.3 is 9.64 Å². The van der Waals surface area contributed by atoms with Gasteiger partial charge in [-0.25, -0.2) is 8.42 Å². The number of hydrogen-bond donors (Lipinski definition) is 1. The fourth-order valence-corrected chi connectivity index (χ4v) is 4.86. The van der Waals surface area contributed by atoms with Crippen molar-refractivity contribution in [1.29, 1.82) is 0 Å². The number of morpholine rings is 1. The molecule has 140 valence electrons. The van der Waals surface area contributed by atoms with Crippen molar-refractivity contribution in [3.05, 3.63) is 28.2 Å². The molecule has 1 unspecified atom stereocenters. The molecule has 1 heterocycles. The molecule has 0 bridgehead atoms. The van der Waals surface area contributed by atoms with Gasteiger partial charge in [-0.2, -0.15) is 16.5 Å². The summed E-state index contributed by atoms with van der Waals surface area (Å²) >= 11 is 13.4. The molecule has 1 aromatic carbocycles. The first-order chi connectivity index (χ1) is 11.8. The Kier molecular flexibility index (Phi) is 7.85. The van der Waals surface area contributed by atoms with Gasteiger partial charge in [0.2, 0.25) is 15.9 Å². The van der Waals surface area contributed by atoms with Crippen LogP contribution in [0, 0.1) is 0 Å². The third-order valence-electron chi connectivity index (χ3n) is 3.71. The molecule has 1 amide bonds. The fraction of sp³-hybridized carbons (Fsp3) is 0.533. The molecule has 6 nitrogen and oxygen atoms in total. The minimum Gasteiger partial charge on any atom is -0.378 e. The monoisotopic (exact) mass is 426 g/mol. The molecule has 1 saturated heterocycles. The van der Waals surface area contributed by atoms with Crippen molar-refractivity contribution in [2.75, 3.05) is 38.3 Å². The zero-order valence-electron chi connectivity index (χ0n) is 13.7. The number of carbonyl (C=O) groups excluding carboxylic acids is 1. The summed E-state index contributed by atoms with van der Waals surface area (Å²) in [5, 5.41) is 0.310. The smallest absolute Gasteiger partial charge is 0.242 e. The maximum Gasteiger partial charge on any atom is 0.242 e. The Bertz CT molecular complexity index is 709. The van der Waals surface area contributed by atoms with Gasteiger partial charge in [-0.05, 0) is 36.6 Å². The van der Waals surface area contributed by atoms with Gasteiger partial charge in [-0.3, -0.25) is 4.79 Å². The predicted octanol–water partition coefficient (Wildman–Crippen LogP) is 2.25. The van der Waals surface area contributed by atoms with Crippen LogP contribution in [-0.4, -0.2) is 63.6 Å². The summed E-state index contributed by atoms with van der Waals surface area (Å²) in [5.74, 6) is 0.395. The number of thioether (sulfide) groups is 1. The van der Waals surface area contributed by atoms with Crippen LogP contribution in [0.15, 0.2) is 23.1 Å². The summed E-state index contributed by atoms with van der Waals surface area (Å²) in [4.78, 5) is 14.2. The van der Waals surface area contributed by atoms with Crippen molar-refractivity contribution in [2.45, 2.75) is 17.4 Å². The van der Waals surface area contributed by atoms with E-state index < -0.39 is 16.1 Å². The summed E-state index contributed by atoms with van der Waals surface area (Å²) in [6, 6.07) is 3.34. The van der Waals surface area contributed by atoms with Crippen LogP contribution in [0.25, 0.3) is 0 Å². The number of hydrogen-bond acceptors (Lipinski definition) is 5. The minimum atomic E-state index is -3.98. The molecule has 1 atom stereocenters. The SMILES string of the molecule is CSCCC(NS(=O)(=O)c1cc(Cl)ccc1Cl)C(=O)N1CCOCC1. The molecule has 1 aromatic rings. The fourth-order valence-electron chi connectivity index (χ4n) is 2.41. The number of benzene rings is 1. The number of ether oxygens (including phenoxy) is 1. The van der Waals surface area contributed by atoms with Crippen LogP contribution in [0.2, 0.25) is 10.0 Å². The number of amides is 1. The molecular formula is C15H20Cl2N2O4S2. The van der Waals surface area contributed by atoms with E-state index in [-0.39, 0.29) is 20.8 Å². The van der Waals surface area contributed by atoms with Gasteiger partial charge in [0.05, 0.1) is 18.2 Å². The Morgan fingerprint density at radius 3 is 2.68 bits per heavy atom. The lowest BCUT2D eigenvalue weighted by molar-refractivity contribution is -0.137. The lowest BCUT2D eigenvalue weighted by atomic mass is 10.2. The van der Waals surface area contributed by atoms with Gasteiger partial charge in [-0.1, -0.05) is 23.2 Å². The molecule has 0 saturated carbocycles. The van der Waals surface area contributed by atoms with Crippen LogP contribution in [0.4, 0.5) is 0 Å². The maximum absolute atomic E-state index is 12.7. The van der Waals surface area contributed by atoms with Crippen molar-refractivity contribution in [1.82, 2.24) is 9.62 Å². The van der Waals surface area contributed by atoms with E-state index in [2.05, 4.69) is 4.72 Å². The number of halogens is 2. The van der Waals surface area contributed by atoms with Gasteiger partial charge in [0.25, 0.3) is 0 Å². The van der Waals surface area contributed by atoms with Gasteiger partial charge in [0.15, 0.2) is 0 Å². The molecule has 0 radical (unpaired) electrons. The van der Waals surface area contributed by atoms with Crippen LogP contribution in [-0.2, 0) is 19.6 Å². The van der Waals surface area contributed by atoms with E-state index in [1.807, 2.05) is 6.26 Å². The maximum atomic E-state index is 12.7. The minimum absolute atomic E-state index is 0.0549. The Labute approximate surface area is 162 Å². The second-order valence-electron chi connectivity index (χ2n) is 5.47. The molecule has 0 spiro atoms. The second kappa shape index (κ2) is 9.43. The molecule has 1 N–H and O–H groups in total. The molecule has 1 aliphatic heterocycles. The van der Waals surface area contributed by atoms with Crippen molar-refractivity contribution >= 4 is 50.9 Å². The molecule has 0 aromatic heterocycles. The molecule has 25 heavy (non-hydrogen) atoms. The molecule has 10 heteroatoms. The van der Waals surface area contributed by atoms with E-state index in [9.17, 15) is 13.2 Å². The molecule has 2 rings (SSSR count). The van der Waals surface area contributed by atoms with E-state index >= 15 is 0 Å². The van der Waals surface area contributed by atoms with Crippen molar-refractivity contribution in [3.8, 4) is 0 Å². The summed E-state index contributed by atoms with van der Waals surface area (Å²) in [6.07, 6.45) is 2.29. The standard InChI is InChI=1S/C15H20Cl2N2O4S2/c1-24-9-4-13(15(20)19-5-7-23-8-6-19)18-25(21,22)14-10-11(16)2-3-12(14)17/h2-3,10,13,18H,4-9H2,1H3. The highest BCUT2D eigenvalue weighted by atomic mass is 35.5. The van der Waals surface area contributed by atoms with Gasteiger partial charge in [0, 0.05) is 18.1 Å². The van der Waals surface area contributed by atoms with E-state index in [1.54, 1.807) is 16.7 Å². The third kappa shape index (κ3) is 5.74. The first-order valence-corrected chi connectivity index (χ1v) is 11.3. The van der Waals surface area contributed by atoms with Gasteiger partial charge >= 0.3 is 0 Å². The van der Waals surface area contributed by atoms with Crippen LogP contribution < -0.4 is 4.72 Å². The lowest BCUT2D eigenvalue weighted by Gasteiger charge is -2.30. The highest BCUT2D eigenvalue weighted by Crippen LogP contribution is 2.25. The number of rotatable bonds is 7. The summed E-state index contributed by atoms with van der Waals surface area (Å²) in [6.45, 7) is 1.81. The predicted molar refractivity (Wildman–Crippen MR) is 101 cm³/mol. The zero-order valence-corrected chi connectivity index (χ0v) is 16.8. The van der Waals surface area contributed by atoms with E-state index in [4.69, 9.17) is 27.9 Å². The average molecular weight is 427 g/mol. The van der Waals surface area contributed by atoms with Crippen LogP contribution in [0.5, 0.6) is 0 Å². The topological polar surface area (TPSA) is 75.7 Å². The van der Waals surface area contributed by atoms with Crippen LogP contribution in [0.3, 0.4) is 0 Å². The molecule has 0 aliphatic carbocycles. The van der Waals surface area contributed by atoms with Crippen LogP contribution >= 0.6 is 35.0 Å². The number of sulfonamides is 1. The normalized spacial score (nSPS) is 16.7. The number of nitrogens with zero attached hydrogens (tertiary/aromatic N) is 1. The average Bonchev–Trinajstić information content (AvgIpc) is 2.60. The quantitative estimate of drug-likeness (QED) is 0.723. The van der Waals surface area contributed by atoms with E-state index in [1.165, 1.54) is 18.2 Å². The highest BCUT2D eigenvalue weighted by Gasteiger charge is 2.30. The first kappa shape index (κ1) is 20.8. The summed E-state index contributed by atoms with van der Waals surface area (Å²) in [7, 11) is -3.98. The molecular weight excluding hydrogens is 407 g/mol. The molecule has 1 fully saturated rings. The first-order valence-electron chi connectivity index (χ1n) is 7.68. The highest BCUT2D eigenvalue weighted by molar-refractivity contribution is 7.98. The zero-order chi connectivity index (χ0) is 18.4. The van der Waals surface area contributed by atoms with E-state index in [0.717, 1.165) is 0 Å². The largest absolute Gasteiger partial charge is 0.378 e. The Balaban J connectivity index is 2.22. The van der Waals surface area contributed by atoms with Crippen LogP contribution in [0.1, 0.15) is 6.42 Å². The Morgan fingerprint density at radius 2 is 2.04 bits per heavy atom. The van der Waals surface area contributed by atoms with Crippen molar-refractivity contribution in [2.24, 2.45) is 0 Å². The third-order valence-corrected chi connectivity index (χ3v) is 6.54. The number of carbonyl (C=O) groups is 1. The summed E-state index contributed by atoms with van der Waals surface area (Å²) < 4.78 is 33.2. The second-order valence-corrected chi connectivity index (χ2v) is 8.98. The Hall–Kier alpha value is -0.510. The van der Waals surface area contributed by atoms with Crippen molar-refractivity contribution in [3.63, 3.8) is 0 Å². The number of nitrogens with one attached hydrogen (secondary N) is 1. The lowest BCUT2D eigenvalue weighted by Crippen LogP contribution is -2.51. The van der Waals surface area contributed by atoms with E-state index in [0.29, 0.717) is 38.5 Å². The van der Waals surface area contributed by atoms with Gasteiger partial charge in [0.1, 0.15) is 10.9 Å². The van der Waals surface area contributed by atoms with Gasteiger partial charge in [-0.15, -0.1) is 0 Å². The molecule has 1 aliphatic rings. The summed E-state index contributed by atoms with van der Waals surface area (Å²) in [5.41, 5.74) is 0. The Morgan fingerprint density at radius 1 is 1.36 bits per heavy atom.